The van der Waals surface area contributed by atoms with Crippen LogP contribution in [0, 0.1) is 5.92 Å². The van der Waals surface area contributed by atoms with Gasteiger partial charge >= 0.3 is 0 Å². The van der Waals surface area contributed by atoms with Crippen molar-refractivity contribution in [2.24, 2.45) is 5.92 Å². The highest BCUT2D eigenvalue weighted by molar-refractivity contribution is 7.98. The summed E-state index contributed by atoms with van der Waals surface area (Å²) in [5, 5.41) is 3.46. The van der Waals surface area contributed by atoms with Crippen LogP contribution in [0.2, 0.25) is 0 Å². The van der Waals surface area contributed by atoms with E-state index in [1.807, 2.05) is 0 Å². The minimum Gasteiger partial charge on any atom is -0.385 e. The molecule has 1 aromatic carbocycles. The molecule has 15 heavy (non-hydrogen) atoms. The monoisotopic (exact) mass is 223 g/mol. The molecule has 1 aromatic rings. The van der Waals surface area contributed by atoms with Gasteiger partial charge in [-0.25, -0.2) is 0 Å². The number of hydrogen-bond donors (Lipinski definition) is 1. The van der Waals surface area contributed by atoms with Gasteiger partial charge in [-0.15, -0.1) is 11.8 Å². The molecule has 84 valence electrons. The van der Waals surface area contributed by atoms with Gasteiger partial charge in [0.1, 0.15) is 0 Å². The Morgan fingerprint density at radius 2 is 2.13 bits per heavy atom. The van der Waals surface area contributed by atoms with Crippen LogP contribution in [0.15, 0.2) is 29.2 Å². The van der Waals surface area contributed by atoms with E-state index >= 15 is 0 Å². The summed E-state index contributed by atoms with van der Waals surface area (Å²) in [6.07, 6.45) is 4.66. The number of anilines is 1. The van der Waals surface area contributed by atoms with Crippen LogP contribution in [-0.2, 0) is 0 Å². The largest absolute Gasteiger partial charge is 0.385 e. The molecule has 0 heterocycles. The lowest BCUT2D eigenvalue weighted by Crippen LogP contribution is -2.02. The summed E-state index contributed by atoms with van der Waals surface area (Å²) >= 11 is 1.79. The molecule has 0 unspecified atom stereocenters. The second-order valence-electron chi connectivity index (χ2n) is 4.19. The first kappa shape index (κ1) is 12.4. The van der Waals surface area contributed by atoms with Crippen molar-refractivity contribution >= 4 is 17.4 Å². The number of hydrogen-bond acceptors (Lipinski definition) is 2. The van der Waals surface area contributed by atoms with Crippen molar-refractivity contribution in [1.29, 1.82) is 0 Å². The molecule has 0 atom stereocenters. The minimum atomic E-state index is 0.810. The van der Waals surface area contributed by atoms with Crippen molar-refractivity contribution in [2.45, 2.75) is 31.6 Å². The van der Waals surface area contributed by atoms with Crippen molar-refractivity contribution in [3.8, 4) is 0 Å². The van der Waals surface area contributed by atoms with Gasteiger partial charge in [-0.05, 0) is 43.2 Å². The second-order valence-corrected chi connectivity index (χ2v) is 5.07. The average molecular weight is 223 g/mol. The molecule has 0 radical (unpaired) electrons. The Balaban J connectivity index is 2.30. The summed E-state index contributed by atoms with van der Waals surface area (Å²) in [6.45, 7) is 5.62. The third kappa shape index (κ3) is 5.12. The van der Waals surface area contributed by atoms with E-state index in [1.165, 1.54) is 23.4 Å². The molecule has 1 N–H and O–H groups in total. The van der Waals surface area contributed by atoms with Gasteiger partial charge in [-0.3, -0.25) is 0 Å². The van der Waals surface area contributed by atoms with Gasteiger partial charge in [-0.1, -0.05) is 19.9 Å². The first-order valence-corrected chi connectivity index (χ1v) is 6.82. The zero-order valence-electron chi connectivity index (χ0n) is 9.92. The summed E-state index contributed by atoms with van der Waals surface area (Å²) in [4.78, 5) is 1.32. The van der Waals surface area contributed by atoms with Crippen molar-refractivity contribution in [2.75, 3.05) is 18.1 Å². The Hall–Kier alpha value is -0.630. The Bertz CT molecular complexity index is 284. The van der Waals surface area contributed by atoms with Crippen molar-refractivity contribution in [1.82, 2.24) is 0 Å². The number of thioether (sulfide) groups is 1. The van der Waals surface area contributed by atoms with Gasteiger partial charge in [0.25, 0.3) is 0 Å². The fraction of sp³-hybridized carbons (Fsp3) is 0.538. The lowest BCUT2D eigenvalue weighted by Gasteiger charge is -2.08. The van der Waals surface area contributed by atoms with E-state index in [4.69, 9.17) is 0 Å². The maximum absolute atomic E-state index is 3.46. The number of rotatable bonds is 6. The Morgan fingerprint density at radius 1 is 1.33 bits per heavy atom. The number of benzene rings is 1. The highest BCUT2D eigenvalue weighted by Crippen LogP contribution is 2.18. The van der Waals surface area contributed by atoms with Crippen LogP contribution in [0.4, 0.5) is 5.69 Å². The standard InChI is InChI=1S/C13H21NS/c1-11(2)6-5-9-14-12-7-4-8-13(10-12)15-3/h4,7-8,10-11,14H,5-6,9H2,1-3H3. The van der Waals surface area contributed by atoms with E-state index in [2.05, 4.69) is 49.7 Å². The van der Waals surface area contributed by atoms with Crippen LogP contribution >= 0.6 is 11.8 Å². The van der Waals surface area contributed by atoms with E-state index < -0.39 is 0 Å². The van der Waals surface area contributed by atoms with Crippen LogP contribution < -0.4 is 5.32 Å². The average Bonchev–Trinajstić information content (AvgIpc) is 2.24. The summed E-state index contributed by atoms with van der Waals surface area (Å²) in [5.41, 5.74) is 1.24. The van der Waals surface area contributed by atoms with Crippen LogP contribution in [0.25, 0.3) is 0 Å². The maximum atomic E-state index is 3.46. The predicted molar refractivity (Wildman–Crippen MR) is 70.8 cm³/mol. The summed E-state index contributed by atoms with van der Waals surface area (Å²) in [5.74, 6) is 0.810. The highest BCUT2D eigenvalue weighted by Gasteiger charge is 1.96. The van der Waals surface area contributed by atoms with E-state index in [9.17, 15) is 0 Å². The van der Waals surface area contributed by atoms with Gasteiger partial charge in [0.15, 0.2) is 0 Å². The second kappa shape index (κ2) is 6.78. The molecule has 1 rings (SSSR count). The molecular formula is C13H21NS. The molecule has 0 amide bonds. The summed E-state index contributed by atoms with van der Waals surface area (Å²) in [6, 6.07) is 8.59. The molecule has 0 spiro atoms. The van der Waals surface area contributed by atoms with E-state index in [0.29, 0.717) is 0 Å². The molecule has 0 aliphatic rings. The molecule has 0 fully saturated rings. The normalized spacial score (nSPS) is 10.7. The Labute approximate surface area is 97.7 Å². The van der Waals surface area contributed by atoms with Crippen LogP contribution in [-0.4, -0.2) is 12.8 Å². The van der Waals surface area contributed by atoms with Crippen LogP contribution in [0.3, 0.4) is 0 Å². The minimum absolute atomic E-state index is 0.810. The van der Waals surface area contributed by atoms with Crippen molar-refractivity contribution in [3.05, 3.63) is 24.3 Å². The molecule has 0 saturated heterocycles. The molecule has 0 aliphatic heterocycles. The molecule has 0 saturated carbocycles. The summed E-state index contributed by atoms with van der Waals surface area (Å²) in [7, 11) is 0. The van der Waals surface area contributed by atoms with Gasteiger partial charge in [0, 0.05) is 17.1 Å². The zero-order valence-corrected chi connectivity index (χ0v) is 10.7. The highest BCUT2D eigenvalue weighted by atomic mass is 32.2. The SMILES string of the molecule is CSc1cccc(NCCCC(C)C)c1. The molecule has 1 nitrogen and oxygen atoms in total. The van der Waals surface area contributed by atoms with E-state index in [1.54, 1.807) is 11.8 Å². The Morgan fingerprint density at radius 3 is 2.80 bits per heavy atom. The maximum Gasteiger partial charge on any atom is 0.0351 e. The fourth-order valence-corrected chi connectivity index (χ4v) is 1.94. The molecule has 2 heteroatoms. The van der Waals surface area contributed by atoms with Gasteiger partial charge < -0.3 is 5.32 Å². The lowest BCUT2D eigenvalue weighted by atomic mass is 10.1. The van der Waals surface area contributed by atoms with Gasteiger partial charge in [0.2, 0.25) is 0 Å². The van der Waals surface area contributed by atoms with Crippen molar-refractivity contribution in [3.63, 3.8) is 0 Å². The third-order valence-corrected chi connectivity index (χ3v) is 3.08. The van der Waals surface area contributed by atoms with E-state index in [0.717, 1.165) is 12.5 Å². The predicted octanol–water partition coefficient (Wildman–Crippen LogP) is 4.26. The fourth-order valence-electron chi connectivity index (χ4n) is 1.48. The van der Waals surface area contributed by atoms with Gasteiger partial charge in [-0.2, -0.15) is 0 Å². The topological polar surface area (TPSA) is 12.0 Å². The molecule has 0 aromatic heterocycles. The first-order chi connectivity index (χ1) is 7.22. The zero-order chi connectivity index (χ0) is 11.1. The quantitative estimate of drug-likeness (QED) is 0.571. The summed E-state index contributed by atoms with van der Waals surface area (Å²) < 4.78 is 0. The van der Waals surface area contributed by atoms with E-state index in [-0.39, 0.29) is 0 Å². The molecule has 0 aliphatic carbocycles. The molecule has 0 bridgehead atoms. The van der Waals surface area contributed by atoms with Crippen molar-refractivity contribution < 1.29 is 0 Å². The third-order valence-electron chi connectivity index (χ3n) is 2.36. The Kier molecular flexibility index (Phi) is 5.62. The van der Waals surface area contributed by atoms with Crippen LogP contribution in [0.5, 0.6) is 0 Å². The number of nitrogens with one attached hydrogen (secondary N) is 1. The lowest BCUT2D eigenvalue weighted by molar-refractivity contribution is 0.567. The smallest absolute Gasteiger partial charge is 0.0351 e. The molecular weight excluding hydrogens is 202 g/mol. The first-order valence-electron chi connectivity index (χ1n) is 5.60. The van der Waals surface area contributed by atoms with Gasteiger partial charge in [0.05, 0.1) is 0 Å². The van der Waals surface area contributed by atoms with Crippen LogP contribution in [0.1, 0.15) is 26.7 Å².